The van der Waals surface area contributed by atoms with E-state index in [9.17, 15) is 14.3 Å². The first-order valence-electron chi connectivity index (χ1n) is 5.89. The van der Waals surface area contributed by atoms with Crippen molar-refractivity contribution in [3.63, 3.8) is 0 Å². The molecular formula is C12H16FN3O2. The molecule has 5 nitrogen and oxygen atoms in total. The number of piperidine rings is 1. The minimum atomic E-state index is -0.849. The molecule has 0 bridgehead atoms. The van der Waals surface area contributed by atoms with Crippen LogP contribution in [0, 0.1) is 18.2 Å². The number of carboxylic acids is 1. The van der Waals surface area contributed by atoms with Gasteiger partial charge in [-0.3, -0.25) is 4.79 Å². The fraction of sp³-hybridized carbons (Fsp3) is 0.583. The number of hydrogen-bond donors (Lipinski definition) is 1. The number of aromatic nitrogens is 2. The van der Waals surface area contributed by atoms with Crippen LogP contribution in [0.4, 0.5) is 10.2 Å². The minimum Gasteiger partial charge on any atom is -0.481 e. The molecule has 0 aromatic carbocycles. The summed E-state index contributed by atoms with van der Waals surface area (Å²) in [7, 11) is 0. The molecular weight excluding hydrogens is 237 g/mol. The van der Waals surface area contributed by atoms with E-state index in [0.29, 0.717) is 19.4 Å². The first-order chi connectivity index (χ1) is 8.44. The van der Waals surface area contributed by atoms with Crippen molar-refractivity contribution in [1.29, 1.82) is 0 Å². The monoisotopic (exact) mass is 253 g/mol. The molecule has 18 heavy (non-hydrogen) atoms. The molecule has 0 radical (unpaired) electrons. The molecule has 98 valence electrons. The molecule has 1 aromatic heterocycles. The smallest absolute Gasteiger partial charge is 0.311 e. The quantitative estimate of drug-likeness (QED) is 0.867. The van der Waals surface area contributed by atoms with E-state index < -0.39 is 17.2 Å². The van der Waals surface area contributed by atoms with Gasteiger partial charge in [-0.15, -0.1) is 0 Å². The van der Waals surface area contributed by atoms with Gasteiger partial charge < -0.3 is 10.0 Å². The predicted molar refractivity (Wildman–Crippen MR) is 63.9 cm³/mol. The highest BCUT2D eigenvalue weighted by molar-refractivity contribution is 5.75. The Kier molecular flexibility index (Phi) is 3.19. The Balaban J connectivity index is 2.29. The number of carbonyl (C=O) groups is 1. The standard InChI is InChI=1S/C12H16FN3O2/c1-8-9(13)10(15-7-14-8)16-5-3-4-12(2,6-16)11(17)18/h7H,3-6H2,1-2H3,(H,17,18). The third-order valence-electron chi connectivity index (χ3n) is 3.46. The van der Waals surface area contributed by atoms with E-state index in [2.05, 4.69) is 9.97 Å². The molecule has 1 atom stereocenters. The highest BCUT2D eigenvalue weighted by Gasteiger charge is 2.39. The van der Waals surface area contributed by atoms with Crippen molar-refractivity contribution in [3.05, 3.63) is 17.8 Å². The molecule has 0 saturated carbocycles. The SMILES string of the molecule is Cc1ncnc(N2CCCC(C)(C(=O)O)C2)c1F. The predicted octanol–water partition coefficient (Wildman–Crippen LogP) is 1.62. The van der Waals surface area contributed by atoms with E-state index in [4.69, 9.17) is 0 Å². The van der Waals surface area contributed by atoms with Gasteiger partial charge in [-0.05, 0) is 26.7 Å². The van der Waals surface area contributed by atoms with E-state index in [-0.39, 0.29) is 18.1 Å². The van der Waals surface area contributed by atoms with Crippen LogP contribution in [0.15, 0.2) is 6.33 Å². The number of rotatable bonds is 2. The highest BCUT2D eigenvalue weighted by Crippen LogP contribution is 2.32. The zero-order valence-corrected chi connectivity index (χ0v) is 10.5. The Bertz CT molecular complexity index is 480. The third kappa shape index (κ3) is 2.14. The molecule has 1 unspecified atom stereocenters. The Morgan fingerprint density at radius 3 is 2.94 bits per heavy atom. The Labute approximate surface area is 105 Å². The van der Waals surface area contributed by atoms with Crippen molar-refractivity contribution < 1.29 is 14.3 Å². The van der Waals surface area contributed by atoms with Crippen LogP contribution in [0.2, 0.25) is 0 Å². The van der Waals surface area contributed by atoms with E-state index in [1.807, 2.05) is 0 Å². The molecule has 1 fully saturated rings. The Morgan fingerprint density at radius 1 is 1.56 bits per heavy atom. The van der Waals surface area contributed by atoms with Crippen LogP contribution < -0.4 is 4.90 Å². The summed E-state index contributed by atoms with van der Waals surface area (Å²) in [4.78, 5) is 20.7. The second kappa shape index (κ2) is 4.51. The molecule has 0 spiro atoms. The van der Waals surface area contributed by atoms with Gasteiger partial charge in [0.15, 0.2) is 11.6 Å². The maximum absolute atomic E-state index is 13.9. The summed E-state index contributed by atoms with van der Waals surface area (Å²) in [5, 5.41) is 9.23. The summed E-state index contributed by atoms with van der Waals surface area (Å²) in [6.07, 6.45) is 2.62. The van der Waals surface area contributed by atoms with Crippen molar-refractivity contribution in [2.45, 2.75) is 26.7 Å². The van der Waals surface area contributed by atoms with Gasteiger partial charge >= 0.3 is 5.97 Å². The van der Waals surface area contributed by atoms with Gasteiger partial charge in [0.25, 0.3) is 0 Å². The van der Waals surface area contributed by atoms with E-state index in [0.717, 1.165) is 0 Å². The van der Waals surface area contributed by atoms with Crippen molar-refractivity contribution in [3.8, 4) is 0 Å². The van der Waals surface area contributed by atoms with Crippen molar-refractivity contribution in [1.82, 2.24) is 9.97 Å². The number of carboxylic acid groups (broad SMARTS) is 1. The maximum Gasteiger partial charge on any atom is 0.311 e. The second-order valence-corrected chi connectivity index (χ2v) is 4.99. The molecule has 1 aliphatic heterocycles. The van der Waals surface area contributed by atoms with Crippen LogP contribution in [-0.4, -0.2) is 34.1 Å². The lowest BCUT2D eigenvalue weighted by Gasteiger charge is -2.38. The zero-order chi connectivity index (χ0) is 13.3. The lowest BCUT2D eigenvalue weighted by molar-refractivity contribution is -0.148. The number of aliphatic carboxylic acids is 1. The molecule has 1 N–H and O–H groups in total. The molecule has 1 aromatic rings. The van der Waals surface area contributed by atoms with Crippen LogP contribution in [0.5, 0.6) is 0 Å². The van der Waals surface area contributed by atoms with E-state index in [1.165, 1.54) is 6.33 Å². The van der Waals surface area contributed by atoms with E-state index >= 15 is 0 Å². The molecule has 1 aliphatic rings. The van der Waals surface area contributed by atoms with Gasteiger partial charge in [0.05, 0.1) is 11.1 Å². The Morgan fingerprint density at radius 2 is 2.28 bits per heavy atom. The van der Waals surface area contributed by atoms with Crippen molar-refractivity contribution in [2.75, 3.05) is 18.0 Å². The van der Waals surface area contributed by atoms with Gasteiger partial charge in [-0.1, -0.05) is 0 Å². The third-order valence-corrected chi connectivity index (χ3v) is 3.46. The van der Waals surface area contributed by atoms with Gasteiger partial charge in [0.2, 0.25) is 0 Å². The fourth-order valence-electron chi connectivity index (χ4n) is 2.26. The lowest BCUT2D eigenvalue weighted by Crippen LogP contribution is -2.46. The second-order valence-electron chi connectivity index (χ2n) is 4.99. The summed E-state index contributed by atoms with van der Waals surface area (Å²) < 4.78 is 13.9. The fourth-order valence-corrected chi connectivity index (χ4v) is 2.26. The van der Waals surface area contributed by atoms with Gasteiger partial charge in [0, 0.05) is 13.1 Å². The van der Waals surface area contributed by atoms with Crippen LogP contribution >= 0.6 is 0 Å². The highest BCUT2D eigenvalue weighted by atomic mass is 19.1. The van der Waals surface area contributed by atoms with Crippen LogP contribution in [0.3, 0.4) is 0 Å². The van der Waals surface area contributed by atoms with Crippen molar-refractivity contribution >= 4 is 11.8 Å². The number of aryl methyl sites for hydroxylation is 1. The number of nitrogens with zero attached hydrogens (tertiary/aromatic N) is 3. The average molecular weight is 253 g/mol. The summed E-state index contributed by atoms with van der Waals surface area (Å²) >= 11 is 0. The normalized spacial score (nSPS) is 24.1. The summed E-state index contributed by atoms with van der Waals surface area (Å²) in [6.45, 7) is 4.15. The molecule has 0 amide bonds. The maximum atomic E-state index is 13.9. The molecule has 0 aliphatic carbocycles. The van der Waals surface area contributed by atoms with Crippen LogP contribution in [0.25, 0.3) is 0 Å². The van der Waals surface area contributed by atoms with Crippen molar-refractivity contribution in [2.24, 2.45) is 5.41 Å². The zero-order valence-electron chi connectivity index (χ0n) is 10.5. The number of halogens is 1. The van der Waals surface area contributed by atoms with Crippen LogP contribution in [0.1, 0.15) is 25.5 Å². The van der Waals surface area contributed by atoms with E-state index in [1.54, 1.807) is 18.7 Å². The molecule has 1 saturated heterocycles. The lowest BCUT2D eigenvalue weighted by atomic mass is 9.82. The minimum absolute atomic E-state index is 0.203. The van der Waals surface area contributed by atoms with Gasteiger partial charge in [0.1, 0.15) is 6.33 Å². The first kappa shape index (κ1) is 12.7. The summed E-state index contributed by atoms with van der Waals surface area (Å²) in [6, 6.07) is 0. The Hall–Kier alpha value is -1.72. The molecule has 6 heteroatoms. The summed E-state index contributed by atoms with van der Waals surface area (Å²) in [5.74, 6) is -1.11. The topological polar surface area (TPSA) is 66.3 Å². The van der Waals surface area contributed by atoms with Gasteiger partial charge in [-0.25, -0.2) is 14.4 Å². The molecule has 2 rings (SSSR count). The average Bonchev–Trinajstić information content (AvgIpc) is 2.32. The number of anilines is 1. The first-order valence-corrected chi connectivity index (χ1v) is 5.89. The molecule has 2 heterocycles. The summed E-state index contributed by atoms with van der Waals surface area (Å²) in [5.41, 5.74) is -0.564. The largest absolute Gasteiger partial charge is 0.481 e. The van der Waals surface area contributed by atoms with Crippen LogP contribution in [-0.2, 0) is 4.79 Å². The van der Waals surface area contributed by atoms with Gasteiger partial charge in [-0.2, -0.15) is 0 Å². The number of hydrogen-bond acceptors (Lipinski definition) is 4.